The first-order valence-corrected chi connectivity index (χ1v) is 3.51. The minimum absolute atomic E-state index is 0. The van der Waals surface area contributed by atoms with Crippen LogP contribution < -0.4 is 0 Å². The molecule has 0 radical (unpaired) electrons. The number of aliphatic carboxylic acids is 1. The number of likely N-dealkylation sites (N-methyl/N-ethyl adjacent to an activating group) is 1. The minimum Gasteiger partial charge on any atom is -0.481 e. The zero-order valence-electron chi connectivity index (χ0n) is 7.95. The minimum atomic E-state index is -0.953. The van der Waals surface area contributed by atoms with Gasteiger partial charge in [-0.2, -0.15) is 0 Å². The molecule has 0 spiro atoms. The fourth-order valence-corrected chi connectivity index (χ4v) is 0.898. The SMILES string of the molecule is C[N+](C)(C)C[C@H](O)CC(=O)O.[Ca+2]. The molecule has 0 bridgehead atoms. The van der Waals surface area contributed by atoms with Crippen molar-refractivity contribution in [2.24, 2.45) is 0 Å². The molecule has 1 atom stereocenters. The second kappa shape index (κ2) is 6.16. The third-order valence-corrected chi connectivity index (χ3v) is 1.17. The molecule has 0 saturated carbocycles. The van der Waals surface area contributed by atoms with Crippen LogP contribution in [0.1, 0.15) is 6.42 Å². The van der Waals surface area contributed by atoms with Crippen LogP contribution in [0.25, 0.3) is 0 Å². The Balaban J connectivity index is 0. The summed E-state index contributed by atoms with van der Waals surface area (Å²) in [6.45, 7) is 0.465. The molecule has 0 unspecified atom stereocenters. The number of hydrogen-bond acceptors (Lipinski definition) is 2. The van der Waals surface area contributed by atoms with Crippen LogP contribution in [-0.4, -0.2) is 92.2 Å². The van der Waals surface area contributed by atoms with Crippen LogP contribution in [0.5, 0.6) is 0 Å². The Morgan fingerprint density at radius 1 is 1.42 bits per heavy atom. The van der Waals surface area contributed by atoms with Crippen LogP contribution in [-0.2, 0) is 4.79 Å². The molecular weight excluding hydrogens is 186 g/mol. The first-order valence-electron chi connectivity index (χ1n) is 3.51. The van der Waals surface area contributed by atoms with E-state index in [1.165, 1.54) is 0 Å². The van der Waals surface area contributed by atoms with E-state index in [9.17, 15) is 4.79 Å². The monoisotopic (exact) mass is 202 g/mol. The van der Waals surface area contributed by atoms with Crippen LogP contribution >= 0.6 is 0 Å². The molecule has 0 aromatic heterocycles. The van der Waals surface area contributed by atoms with Crippen molar-refractivity contribution in [2.45, 2.75) is 12.5 Å². The summed E-state index contributed by atoms with van der Waals surface area (Å²) in [6.07, 6.45) is -0.914. The van der Waals surface area contributed by atoms with Crippen molar-refractivity contribution in [3.05, 3.63) is 0 Å². The molecule has 0 heterocycles. The molecule has 66 valence electrons. The predicted molar refractivity (Wildman–Crippen MR) is 46.9 cm³/mol. The number of nitrogens with zero attached hydrogens (tertiary/aromatic N) is 1. The fraction of sp³-hybridized carbons (Fsp3) is 0.857. The number of quaternary nitrogens is 1. The fourth-order valence-electron chi connectivity index (χ4n) is 0.898. The van der Waals surface area contributed by atoms with Gasteiger partial charge in [0.25, 0.3) is 0 Å². The molecule has 0 aliphatic heterocycles. The van der Waals surface area contributed by atoms with Crippen LogP contribution in [0.15, 0.2) is 0 Å². The number of hydrogen-bond donors (Lipinski definition) is 2. The predicted octanol–water partition coefficient (Wildman–Crippen LogP) is -0.853. The van der Waals surface area contributed by atoms with E-state index >= 15 is 0 Å². The molecule has 0 aliphatic carbocycles. The van der Waals surface area contributed by atoms with Crippen molar-refractivity contribution < 1.29 is 19.5 Å². The summed E-state index contributed by atoms with van der Waals surface area (Å²) in [7, 11) is 5.72. The first kappa shape index (κ1) is 15.1. The topological polar surface area (TPSA) is 57.5 Å². The number of carboxylic acid groups (broad SMARTS) is 1. The van der Waals surface area contributed by atoms with Crippen LogP contribution in [0, 0.1) is 0 Å². The molecule has 12 heavy (non-hydrogen) atoms. The van der Waals surface area contributed by atoms with Gasteiger partial charge in [-0.05, 0) is 0 Å². The van der Waals surface area contributed by atoms with E-state index in [0.29, 0.717) is 11.0 Å². The Hall–Kier alpha value is 0.650. The molecular formula is C7H16CaNO3+3. The van der Waals surface area contributed by atoms with Gasteiger partial charge in [-0.15, -0.1) is 0 Å². The third-order valence-electron chi connectivity index (χ3n) is 1.17. The van der Waals surface area contributed by atoms with Gasteiger partial charge < -0.3 is 14.7 Å². The molecule has 0 aliphatic rings. The van der Waals surface area contributed by atoms with Gasteiger partial charge in [0.15, 0.2) is 0 Å². The quantitative estimate of drug-likeness (QED) is 0.461. The standard InChI is InChI=1S/C7H15NO3.Ca/c1-8(2,3)5-6(9)4-7(10)11;/h6,9H,4-5H2,1-3H3;/q;+2/p+1/t6-;/m1./s1. The number of rotatable bonds is 4. The largest absolute Gasteiger partial charge is 2.00 e. The van der Waals surface area contributed by atoms with E-state index in [1.54, 1.807) is 0 Å². The maximum atomic E-state index is 10.1. The summed E-state index contributed by atoms with van der Waals surface area (Å²) in [5.74, 6) is -0.953. The van der Waals surface area contributed by atoms with Crippen molar-refractivity contribution >= 4 is 43.7 Å². The van der Waals surface area contributed by atoms with Crippen molar-refractivity contribution in [3.63, 3.8) is 0 Å². The van der Waals surface area contributed by atoms with Gasteiger partial charge in [0, 0.05) is 0 Å². The summed E-state index contributed by atoms with van der Waals surface area (Å²) in [4.78, 5) is 10.1. The van der Waals surface area contributed by atoms with Gasteiger partial charge >= 0.3 is 43.7 Å². The van der Waals surface area contributed by atoms with Gasteiger partial charge in [0.1, 0.15) is 12.6 Å². The molecule has 2 N–H and O–H groups in total. The molecule has 0 aromatic carbocycles. The van der Waals surface area contributed by atoms with Crippen LogP contribution in [0.3, 0.4) is 0 Å². The number of carbonyl (C=O) groups is 1. The Bertz CT molecular complexity index is 144. The zero-order valence-corrected chi connectivity index (χ0v) is 10.2. The van der Waals surface area contributed by atoms with Gasteiger partial charge in [-0.3, -0.25) is 4.79 Å². The molecule has 0 fully saturated rings. The second-order valence-corrected chi connectivity index (χ2v) is 3.72. The summed E-state index contributed by atoms with van der Waals surface area (Å²) in [5, 5.41) is 17.5. The third kappa shape index (κ3) is 10.6. The van der Waals surface area contributed by atoms with E-state index in [2.05, 4.69) is 0 Å². The second-order valence-electron chi connectivity index (χ2n) is 3.72. The number of aliphatic hydroxyl groups excluding tert-OH is 1. The molecule has 0 amide bonds. The van der Waals surface area contributed by atoms with E-state index in [1.807, 2.05) is 21.1 Å². The van der Waals surface area contributed by atoms with Gasteiger partial charge in [0.05, 0.1) is 27.6 Å². The van der Waals surface area contributed by atoms with E-state index in [-0.39, 0.29) is 44.2 Å². The Kier molecular flexibility index (Phi) is 7.77. The van der Waals surface area contributed by atoms with Gasteiger partial charge in [0.2, 0.25) is 0 Å². The molecule has 4 nitrogen and oxygen atoms in total. The molecule has 0 saturated heterocycles. The van der Waals surface area contributed by atoms with Crippen molar-refractivity contribution in [3.8, 4) is 0 Å². The number of carboxylic acids is 1. The smallest absolute Gasteiger partial charge is 0.481 e. The summed E-state index contributed by atoms with van der Waals surface area (Å²) in [6, 6.07) is 0. The first-order chi connectivity index (χ1) is 4.81. The Morgan fingerprint density at radius 2 is 1.83 bits per heavy atom. The maximum absolute atomic E-state index is 10.1. The molecule has 5 heteroatoms. The van der Waals surface area contributed by atoms with Crippen molar-refractivity contribution in [2.75, 3.05) is 27.7 Å². The van der Waals surface area contributed by atoms with Crippen molar-refractivity contribution in [1.29, 1.82) is 0 Å². The van der Waals surface area contributed by atoms with E-state index in [4.69, 9.17) is 10.2 Å². The number of aliphatic hydroxyl groups is 1. The van der Waals surface area contributed by atoms with E-state index < -0.39 is 12.1 Å². The van der Waals surface area contributed by atoms with Crippen molar-refractivity contribution in [1.82, 2.24) is 0 Å². The summed E-state index contributed by atoms with van der Waals surface area (Å²) >= 11 is 0. The van der Waals surface area contributed by atoms with Gasteiger partial charge in [-0.1, -0.05) is 0 Å². The zero-order chi connectivity index (χ0) is 9.07. The summed E-state index contributed by atoms with van der Waals surface area (Å²) < 4.78 is 0.578. The Labute approximate surface area is 103 Å². The van der Waals surface area contributed by atoms with Crippen LogP contribution in [0.4, 0.5) is 0 Å². The molecule has 0 aromatic rings. The molecule has 0 rings (SSSR count). The average molecular weight is 202 g/mol. The maximum Gasteiger partial charge on any atom is 2.00 e. The normalized spacial score (nSPS) is 13.3. The Morgan fingerprint density at radius 3 is 2.08 bits per heavy atom. The van der Waals surface area contributed by atoms with Crippen LogP contribution in [0.2, 0.25) is 0 Å². The van der Waals surface area contributed by atoms with E-state index in [0.717, 1.165) is 0 Å². The summed E-state index contributed by atoms with van der Waals surface area (Å²) in [5.41, 5.74) is 0. The van der Waals surface area contributed by atoms with Gasteiger partial charge in [-0.25, -0.2) is 0 Å². The average Bonchev–Trinajstić information content (AvgIpc) is 1.53.